The van der Waals surface area contributed by atoms with Gasteiger partial charge in [0.15, 0.2) is 22.4 Å². The van der Waals surface area contributed by atoms with E-state index in [1.54, 1.807) is 19.2 Å². The molecule has 7 heteroatoms. The predicted octanol–water partition coefficient (Wildman–Crippen LogP) is 1.32. The zero-order valence-corrected chi connectivity index (χ0v) is 10.1. The Kier molecular flexibility index (Phi) is 4.65. The molecule has 0 saturated heterocycles. The summed E-state index contributed by atoms with van der Waals surface area (Å²) in [4.78, 5) is 7.73. The molecule has 1 atom stereocenters. The minimum absolute atomic E-state index is 0.0359. The van der Waals surface area contributed by atoms with Gasteiger partial charge in [-0.25, -0.2) is 9.97 Å². The van der Waals surface area contributed by atoms with Crippen molar-refractivity contribution in [2.45, 2.75) is 13.0 Å². The number of hydrogen-bond donors (Lipinski definition) is 1. The van der Waals surface area contributed by atoms with Crippen molar-refractivity contribution in [1.29, 1.82) is 10.5 Å². The van der Waals surface area contributed by atoms with E-state index in [-0.39, 0.29) is 28.4 Å². The largest absolute Gasteiger partial charge is 0.383 e. The first kappa shape index (κ1) is 13.2. The highest BCUT2D eigenvalue weighted by Crippen LogP contribution is 2.19. The Morgan fingerprint density at radius 1 is 1.35 bits per heavy atom. The van der Waals surface area contributed by atoms with Crippen LogP contribution in [0.15, 0.2) is 0 Å². The predicted molar refractivity (Wildman–Crippen MR) is 61.4 cm³/mol. The van der Waals surface area contributed by atoms with Crippen LogP contribution in [0.1, 0.15) is 18.3 Å². The summed E-state index contributed by atoms with van der Waals surface area (Å²) in [5.41, 5.74) is -0.133. The van der Waals surface area contributed by atoms with E-state index in [9.17, 15) is 0 Å². The molecule has 1 unspecified atom stereocenters. The number of hydrogen-bond acceptors (Lipinski definition) is 6. The van der Waals surface area contributed by atoms with Gasteiger partial charge in [0.1, 0.15) is 12.1 Å². The highest BCUT2D eigenvalue weighted by atomic mass is 35.5. The van der Waals surface area contributed by atoms with Crippen LogP contribution in [-0.4, -0.2) is 29.7 Å². The molecule has 0 aliphatic carbocycles. The third kappa shape index (κ3) is 3.28. The average molecular weight is 252 g/mol. The van der Waals surface area contributed by atoms with Gasteiger partial charge in [-0.2, -0.15) is 10.5 Å². The molecule has 0 spiro atoms. The molecule has 1 N–H and O–H groups in total. The molecule has 1 rings (SSSR count). The van der Waals surface area contributed by atoms with Gasteiger partial charge in [-0.05, 0) is 6.92 Å². The molecule has 0 aliphatic rings. The number of halogens is 1. The van der Waals surface area contributed by atoms with Crippen molar-refractivity contribution in [2.24, 2.45) is 0 Å². The third-order valence-corrected chi connectivity index (χ3v) is 2.13. The molecule has 0 bridgehead atoms. The van der Waals surface area contributed by atoms with Crippen molar-refractivity contribution in [3.05, 3.63) is 16.5 Å². The molecule has 1 heterocycles. The highest BCUT2D eigenvalue weighted by Gasteiger charge is 2.13. The van der Waals surface area contributed by atoms with Crippen LogP contribution in [0.4, 0.5) is 5.82 Å². The van der Waals surface area contributed by atoms with Gasteiger partial charge in [0.05, 0.1) is 6.61 Å². The summed E-state index contributed by atoms with van der Waals surface area (Å²) in [7, 11) is 1.57. The molecule has 1 aromatic rings. The minimum atomic E-state index is -0.0811. The molecule has 0 amide bonds. The van der Waals surface area contributed by atoms with Gasteiger partial charge in [0, 0.05) is 13.2 Å². The molecule has 0 saturated carbocycles. The SMILES string of the molecule is COCC(C)Nc1nc(C#N)c(C#N)nc1Cl. The number of anilines is 1. The van der Waals surface area contributed by atoms with Crippen LogP contribution in [-0.2, 0) is 4.74 Å². The highest BCUT2D eigenvalue weighted by molar-refractivity contribution is 6.31. The minimum Gasteiger partial charge on any atom is -0.383 e. The van der Waals surface area contributed by atoms with Gasteiger partial charge in [0.25, 0.3) is 0 Å². The quantitative estimate of drug-likeness (QED) is 0.867. The maximum absolute atomic E-state index is 8.80. The molecule has 0 aromatic carbocycles. The number of nitrogens with zero attached hydrogens (tertiary/aromatic N) is 4. The lowest BCUT2D eigenvalue weighted by atomic mass is 10.3. The number of nitriles is 2. The van der Waals surface area contributed by atoms with Crippen LogP contribution in [0.3, 0.4) is 0 Å². The first-order chi connectivity index (χ1) is 8.12. The normalized spacial score (nSPS) is 11.4. The van der Waals surface area contributed by atoms with Crippen LogP contribution in [0.2, 0.25) is 5.15 Å². The maximum atomic E-state index is 8.80. The van der Waals surface area contributed by atoms with E-state index >= 15 is 0 Å². The van der Waals surface area contributed by atoms with Gasteiger partial charge >= 0.3 is 0 Å². The fourth-order valence-electron chi connectivity index (χ4n) is 1.19. The maximum Gasteiger partial charge on any atom is 0.179 e. The van der Waals surface area contributed by atoms with Crippen molar-refractivity contribution < 1.29 is 4.74 Å². The Hall–Kier alpha value is -1.89. The summed E-state index contributed by atoms with van der Waals surface area (Å²) in [5, 5.41) is 20.5. The second kappa shape index (κ2) is 6.00. The van der Waals surface area contributed by atoms with Gasteiger partial charge in [-0.3, -0.25) is 0 Å². The molecule has 0 fully saturated rings. The van der Waals surface area contributed by atoms with Gasteiger partial charge < -0.3 is 10.1 Å². The molecule has 0 radical (unpaired) electrons. The lowest BCUT2D eigenvalue weighted by molar-refractivity contribution is 0.190. The third-order valence-electron chi connectivity index (χ3n) is 1.86. The summed E-state index contributed by atoms with van der Waals surface area (Å²) >= 11 is 5.84. The van der Waals surface area contributed by atoms with Crippen molar-refractivity contribution in [3.63, 3.8) is 0 Å². The topological polar surface area (TPSA) is 94.6 Å². The van der Waals surface area contributed by atoms with E-state index in [0.29, 0.717) is 6.61 Å². The van der Waals surface area contributed by atoms with Gasteiger partial charge in [-0.15, -0.1) is 0 Å². The summed E-state index contributed by atoms with van der Waals surface area (Å²) in [6.07, 6.45) is 0. The standard InChI is InChI=1S/C10H10ClN5O/c1-6(5-17-2)14-10-9(11)15-7(3-12)8(4-13)16-10/h6H,5H2,1-2H3,(H,14,16). The van der Waals surface area contributed by atoms with Crippen molar-refractivity contribution >= 4 is 17.4 Å². The van der Waals surface area contributed by atoms with E-state index in [2.05, 4.69) is 15.3 Å². The lowest BCUT2D eigenvalue weighted by Crippen LogP contribution is -2.22. The van der Waals surface area contributed by atoms with Gasteiger partial charge in [0.2, 0.25) is 0 Å². The summed E-state index contributed by atoms with van der Waals surface area (Å²) in [6.45, 7) is 2.33. The van der Waals surface area contributed by atoms with Crippen molar-refractivity contribution in [1.82, 2.24) is 9.97 Å². The smallest absolute Gasteiger partial charge is 0.179 e. The molecule has 88 valence electrons. The van der Waals surface area contributed by atoms with E-state index in [0.717, 1.165) is 0 Å². The van der Waals surface area contributed by atoms with Crippen LogP contribution in [0.25, 0.3) is 0 Å². The molecule has 6 nitrogen and oxygen atoms in total. The summed E-state index contributed by atoms with van der Waals surface area (Å²) in [5.74, 6) is 0.270. The molecular formula is C10H10ClN5O. The molecule has 1 aromatic heterocycles. The molecule has 17 heavy (non-hydrogen) atoms. The monoisotopic (exact) mass is 251 g/mol. The van der Waals surface area contributed by atoms with Gasteiger partial charge in [-0.1, -0.05) is 11.6 Å². The van der Waals surface area contributed by atoms with Crippen molar-refractivity contribution in [2.75, 3.05) is 19.0 Å². The van der Waals surface area contributed by atoms with Crippen LogP contribution < -0.4 is 5.32 Å². The number of aromatic nitrogens is 2. The van der Waals surface area contributed by atoms with Crippen LogP contribution in [0.5, 0.6) is 0 Å². The fourth-order valence-corrected chi connectivity index (χ4v) is 1.37. The average Bonchev–Trinajstić information content (AvgIpc) is 2.31. The second-order valence-electron chi connectivity index (χ2n) is 3.28. The zero-order chi connectivity index (χ0) is 12.8. The number of ether oxygens (including phenoxy) is 1. The lowest BCUT2D eigenvalue weighted by Gasteiger charge is -2.14. The summed E-state index contributed by atoms with van der Waals surface area (Å²) in [6, 6.07) is 3.52. The Morgan fingerprint density at radius 3 is 2.47 bits per heavy atom. The van der Waals surface area contributed by atoms with E-state index in [4.69, 9.17) is 26.9 Å². The van der Waals surface area contributed by atoms with Crippen LogP contribution in [0, 0.1) is 22.7 Å². The van der Waals surface area contributed by atoms with Crippen LogP contribution >= 0.6 is 11.6 Å². The zero-order valence-electron chi connectivity index (χ0n) is 9.36. The Labute approximate surface area is 104 Å². The van der Waals surface area contributed by atoms with E-state index < -0.39 is 0 Å². The number of methoxy groups -OCH3 is 1. The van der Waals surface area contributed by atoms with Crippen molar-refractivity contribution in [3.8, 4) is 12.1 Å². The number of nitrogens with one attached hydrogen (secondary N) is 1. The Balaban J connectivity index is 3.03. The summed E-state index contributed by atoms with van der Waals surface area (Å²) < 4.78 is 4.95. The second-order valence-corrected chi connectivity index (χ2v) is 3.64. The van der Waals surface area contributed by atoms with E-state index in [1.807, 2.05) is 6.92 Å². The Bertz CT molecular complexity index is 491. The molecular weight excluding hydrogens is 242 g/mol. The van der Waals surface area contributed by atoms with E-state index in [1.165, 1.54) is 0 Å². The first-order valence-corrected chi connectivity index (χ1v) is 5.13. The Morgan fingerprint density at radius 2 is 1.94 bits per heavy atom. The number of rotatable bonds is 4. The molecule has 0 aliphatic heterocycles. The fraction of sp³-hybridized carbons (Fsp3) is 0.400. The first-order valence-electron chi connectivity index (χ1n) is 4.75.